The molecule has 0 saturated carbocycles. The molecule has 1 aliphatic rings. The van der Waals surface area contributed by atoms with Crippen LogP contribution in [0.5, 0.6) is 0 Å². The lowest BCUT2D eigenvalue weighted by atomic mass is 10.0. The first kappa shape index (κ1) is 14.1. The summed E-state index contributed by atoms with van der Waals surface area (Å²) in [7, 11) is 0. The number of hydrogen-bond acceptors (Lipinski definition) is 3. The predicted octanol–water partition coefficient (Wildman–Crippen LogP) is 3.50. The first-order chi connectivity index (χ1) is 11.3. The molecule has 23 heavy (non-hydrogen) atoms. The summed E-state index contributed by atoms with van der Waals surface area (Å²) in [5.74, 6) is 1.24. The Morgan fingerprint density at radius 2 is 1.91 bits per heavy atom. The van der Waals surface area contributed by atoms with E-state index in [4.69, 9.17) is 11.6 Å². The summed E-state index contributed by atoms with van der Waals surface area (Å²) >= 11 is 5.97. The average molecular weight is 327 g/mol. The van der Waals surface area contributed by atoms with E-state index in [0.29, 0.717) is 23.8 Å². The zero-order valence-corrected chi connectivity index (χ0v) is 12.8. The van der Waals surface area contributed by atoms with Crippen LogP contribution in [0, 0.1) is 5.82 Å². The molecule has 0 unspecified atom stereocenters. The second-order valence-electron chi connectivity index (χ2n) is 5.19. The number of aromatic nitrogens is 3. The van der Waals surface area contributed by atoms with Gasteiger partial charge < -0.3 is 0 Å². The number of alkyl halides is 1. The van der Waals surface area contributed by atoms with Crippen molar-refractivity contribution in [1.29, 1.82) is 0 Å². The van der Waals surface area contributed by atoms with Crippen molar-refractivity contribution >= 4 is 17.3 Å². The highest BCUT2D eigenvalue weighted by molar-refractivity contribution is 6.17. The smallest absolute Gasteiger partial charge is 0.159 e. The largest absolute Gasteiger partial charge is 0.280 e. The quantitative estimate of drug-likeness (QED) is 0.676. The molecule has 0 N–H and O–H groups in total. The molecule has 114 valence electrons. The van der Waals surface area contributed by atoms with Crippen LogP contribution < -0.4 is 0 Å². The lowest BCUT2D eigenvalue weighted by molar-refractivity contribution is 0.627. The minimum absolute atomic E-state index is 0.227. The Bertz CT molecular complexity index is 902. The fourth-order valence-electron chi connectivity index (χ4n) is 2.79. The molecule has 0 atom stereocenters. The lowest BCUT2D eigenvalue weighted by Crippen LogP contribution is -2.09. The maximum atomic E-state index is 13.9. The molecular weight excluding hydrogens is 315 g/mol. The van der Waals surface area contributed by atoms with E-state index in [1.165, 1.54) is 12.1 Å². The Morgan fingerprint density at radius 3 is 2.70 bits per heavy atom. The maximum absolute atomic E-state index is 13.9. The second kappa shape index (κ2) is 5.59. The van der Waals surface area contributed by atoms with Gasteiger partial charge in [0.25, 0.3) is 0 Å². The number of hydrogen-bond donors (Lipinski definition) is 0. The molecule has 1 aliphatic heterocycles. The Morgan fingerprint density at radius 1 is 1.09 bits per heavy atom. The lowest BCUT2D eigenvalue weighted by Gasteiger charge is -2.13. The van der Waals surface area contributed by atoms with Gasteiger partial charge in [-0.15, -0.1) is 21.8 Å². The third-order valence-electron chi connectivity index (χ3n) is 3.80. The first-order valence-electron chi connectivity index (χ1n) is 7.17. The van der Waals surface area contributed by atoms with Crippen molar-refractivity contribution in [3.8, 4) is 5.69 Å². The van der Waals surface area contributed by atoms with Gasteiger partial charge in [0.2, 0.25) is 0 Å². The summed E-state index contributed by atoms with van der Waals surface area (Å²) in [4.78, 5) is 4.65. The molecule has 0 amide bonds. The monoisotopic (exact) mass is 326 g/mol. The number of nitrogens with zero attached hydrogens (tertiary/aromatic N) is 4. The molecule has 2 aromatic carbocycles. The third-order valence-corrected chi connectivity index (χ3v) is 4.04. The summed E-state index contributed by atoms with van der Waals surface area (Å²) in [6.07, 6.45) is 0. The van der Waals surface area contributed by atoms with Crippen LogP contribution in [0.2, 0.25) is 0 Å². The summed E-state index contributed by atoms with van der Waals surface area (Å²) in [6.45, 7) is 0.365. The molecule has 4 rings (SSSR count). The maximum Gasteiger partial charge on any atom is 0.159 e. The molecule has 0 fully saturated rings. The standard InChI is InChI=1S/C17H12ClFN4/c18-9-15-21-22-16-10-20-17(11-4-2-1-3-5-11)13-8-12(19)6-7-14(13)23(15)16/h1-8H,9-10H2. The van der Waals surface area contributed by atoms with Crippen molar-refractivity contribution in [1.82, 2.24) is 14.8 Å². The van der Waals surface area contributed by atoms with Gasteiger partial charge in [0.05, 0.1) is 17.3 Å². The van der Waals surface area contributed by atoms with E-state index in [0.717, 1.165) is 17.0 Å². The fourth-order valence-corrected chi connectivity index (χ4v) is 2.96. The van der Waals surface area contributed by atoms with Gasteiger partial charge in [-0.3, -0.25) is 9.56 Å². The van der Waals surface area contributed by atoms with Crippen LogP contribution in [0.25, 0.3) is 5.69 Å². The van der Waals surface area contributed by atoms with Crippen LogP contribution >= 0.6 is 11.6 Å². The van der Waals surface area contributed by atoms with Crippen LogP contribution in [0.15, 0.2) is 53.5 Å². The zero-order chi connectivity index (χ0) is 15.8. The summed E-state index contributed by atoms with van der Waals surface area (Å²) in [5.41, 5.74) is 3.18. The van der Waals surface area contributed by atoms with Crippen molar-refractivity contribution < 1.29 is 4.39 Å². The molecule has 0 aliphatic carbocycles. The summed E-state index contributed by atoms with van der Waals surface area (Å²) in [5, 5.41) is 8.26. The summed E-state index contributed by atoms with van der Waals surface area (Å²) in [6, 6.07) is 14.4. The van der Waals surface area contributed by atoms with Gasteiger partial charge in [0, 0.05) is 11.1 Å². The molecule has 0 spiro atoms. The van der Waals surface area contributed by atoms with Crippen LogP contribution in [-0.2, 0) is 12.4 Å². The highest BCUT2D eigenvalue weighted by atomic mass is 35.5. The van der Waals surface area contributed by atoms with E-state index >= 15 is 0 Å². The molecule has 0 saturated heterocycles. The number of aliphatic imine (C=N–C) groups is 1. The van der Waals surface area contributed by atoms with E-state index in [2.05, 4.69) is 15.2 Å². The van der Waals surface area contributed by atoms with Gasteiger partial charge in [0.1, 0.15) is 12.4 Å². The molecular formula is C17H12ClFN4. The topological polar surface area (TPSA) is 43.1 Å². The van der Waals surface area contributed by atoms with Crippen LogP contribution in [0.3, 0.4) is 0 Å². The highest BCUT2D eigenvalue weighted by Gasteiger charge is 2.22. The minimum Gasteiger partial charge on any atom is -0.280 e. The van der Waals surface area contributed by atoms with E-state index in [9.17, 15) is 4.39 Å². The first-order valence-corrected chi connectivity index (χ1v) is 7.70. The van der Waals surface area contributed by atoms with E-state index in [1.807, 2.05) is 34.9 Å². The molecule has 2 heterocycles. The van der Waals surface area contributed by atoms with E-state index < -0.39 is 0 Å². The van der Waals surface area contributed by atoms with Gasteiger partial charge in [-0.2, -0.15) is 0 Å². The molecule has 3 aromatic rings. The molecule has 0 radical (unpaired) electrons. The van der Waals surface area contributed by atoms with Gasteiger partial charge in [0.15, 0.2) is 11.6 Å². The predicted molar refractivity (Wildman–Crippen MR) is 86.7 cm³/mol. The fraction of sp³-hybridized carbons (Fsp3) is 0.118. The van der Waals surface area contributed by atoms with Crippen molar-refractivity contribution in [2.24, 2.45) is 4.99 Å². The van der Waals surface area contributed by atoms with Crippen LogP contribution in [0.4, 0.5) is 4.39 Å². The third kappa shape index (κ3) is 2.33. The van der Waals surface area contributed by atoms with Crippen molar-refractivity contribution in [2.75, 3.05) is 0 Å². The molecule has 6 heteroatoms. The van der Waals surface area contributed by atoms with Gasteiger partial charge >= 0.3 is 0 Å². The van der Waals surface area contributed by atoms with Crippen LogP contribution in [-0.4, -0.2) is 20.5 Å². The number of benzene rings is 2. The molecule has 1 aromatic heterocycles. The van der Waals surface area contributed by atoms with Gasteiger partial charge in [-0.25, -0.2) is 4.39 Å². The SMILES string of the molecule is Fc1ccc2c(c1)C(c1ccccc1)=NCc1nnc(CCl)n1-2. The average Bonchev–Trinajstić information content (AvgIpc) is 2.92. The van der Waals surface area contributed by atoms with Gasteiger partial charge in [-0.1, -0.05) is 30.3 Å². The highest BCUT2D eigenvalue weighted by Crippen LogP contribution is 2.26. The van der Waals surface area contributed by atoms with Crippen molar-refractivity contribution in [3.63, 3.8) is 0 Å². The van der Waals surface area contributed by atoms with Crippen LogP contribution in [0.1, 0.15) is 22.8 Å². The Labute approximate surface area is 137 Å². The molecule has 4 nitrogen and oxygen atoms in total. The van der Waals surface area contributed by atoms with Crippen molar-refractivity contribution in [2.45, 2.75) is 12.4 Å². The molecule has 0 bridgehead atoms. The van der Waals surface area contributed by atoms with Crippen molar-refractivity contribution in [3.05, 3.63) is 77.1 Å². The van der Waals surface area contributed by atoms with Gasteiger partial charge in [-0.05, 0) is 18.2 Å². The number of halogens is 2. The Hall–Kier alpha value is -2.53. The second-order valence-corrected chi connectivity index (χ2v) is 5.46. The Balaban J connectivity index is 2.00. The van der Waals surface area contributed by atoms with E-state index in [-0.39, 0.29) is 11.7 Å². The van der Waals surface area contributed by atoms with E-state index in [1.54, 1.807) is 6.07 Å². The minimum atomic E-state index is -0.309. The normalized spacial score (nSPS) is 13.0. The Kier molecular flexibility index (Phi) is 3.42. The number of fused-ring (bicyclic) bond motifs is 3. The summed E-state index contributed by atoms with van der Waals surface area (Å²) < 4.78 is 15.7. The zero-order valence-electron chi connectivity index (χ0n) is 12.1. The number of rotatable bonds is 2.